The minimum atomic E-state index is -1.55. The predicted molar refractivity (Wildman–Crippen MR) is 155 cm³/mol. The maximum absolute atomic E-state index is 11.1. The van der Waals surface area contributed by atoms with Gasteiger partial charge < -0.3 is 32.5 Å². The Morgan fingerprint density at radius 1 is 0.641 bits per heavy atom. The zero-order valence-corrected chi connectivity index (χ0v) is 26.4. The number of carbonyl (C=O) groups is 3. The lowest BCUT2D eigenvalue weighted by Crippen LogP contribution is -2.35. The van der Waals surface area contributed by atoms with Crippen molar-refractivity contribution in [2.75, 3.05) is 59.5 Å². The van der Waals surface area contributed by atoms with Crippen molar-refractivity contribution in [1.29, 1.82) is 0 Å². The van der Waals surface area contributed by atoms with Crippen LogP contribution in [0.5, 0.6) is 0 Å². The molecule has 1 unspecified atom stereocenters. The van der Waals surface area contributed by atoms with Gasteiger partial charge >= 0.3 is 17.9 Å². The molecular weight excluding hydrogens is 540 g/mol. The smallest absolute Gasteiger partial charge is 0.330 e. The van der Waals surface area contributed by atoms with Crippen molar-refractivity contribution >= 4 is 36.7 Å². The average Bonchev–Trinajstić information content (AvgIpc) is 2.94. The molecule has 0 heterocycles. The second-order valence-electron chi connectivity index (χ2n) is 8.72. The van der Waals surface area contributed by atoms with Gasteiger partial charge in [0.2, 0.25) is 0 Å². The van der Waals surface area contributed by atoms with E-state index < -0.39 is 36.7 Å². The van der Waals surface area contributed by atoms with Gasteiger partial charge in [-0.25, -0.2) is 14.4 Å². The van der Waals surface area contributed by atoms with Crippen LogP contribution in [0.3, 0.4) is 0 Å². The molecule has 0 aromatic rings. The van der Waals surface area contributed by atoms with Crippen molar-refractivity contribution in [2.24, 2.45) is 0 Å². The van der Waals surface area contributed by atoms with E-state index in [2.05, 4.69) is 32.8 Å². The lowest BCUT2D eigenvalue weighted by molar-refractivity contribution is -0.140. The summed E-state index contributed by atoms with van der Waals surface area (Å²) in [5, 5.41) is 0.0407. The number of ether oxygens (including phenoxy) is 6. The molecule has 0 N–H and O–H groups in total. The highest BCUT2D eigenvalue weighted by molar-refractivity contribution is 6.60. The maximum Gasteiger partial charge on any atom is 0.330 e. The summed E-state index contributed by atoms with van der Waals surface area (Å²) in [6.07, 6.45) is 8.83. The van der Waals surface area contributed by atoms with Gasteiger partial charge in [0, 0.05) is 38.0 Å². The van der Waals surface area contributed by atoms with Crippen molar-refractivity contribution < 1.29 is 46.9 Å². The highest BCUT2D eigenvalue weighted by Crippen LogP contribution is 2.45. The van der Waals surface area contributed by atoms with Crippen LogP contribution < -0.4 is 0 Å². The van der Waals surface area contributed by atoms with Crippen LogP contribution in [0.2, 0.25) is 18.1 Å². The highest BCUT2D eigenvalue weighted by atomic mass is 28.3. The molecule has 0 radical (unpaired) electrons. The summed E-state index contributed by atoms with van der Waals surface area (Å²) in [4.78, 5) is 33.4. The zero-order valence-electron chi connectivity index (χ0n) is 23.8. The van der Waals surface area contributed by atoms with Crippen LogP contribution in [0.1, 0.15) is 38.5 Å². The monoisotopic (exact) mass is 588 g/mol. The minimum Gasteiger partial charge on any atom is -0.463 e. The van der Waals surface area contributed by atoms with Gasteiger partial charge in [-0.2, -0.15) is 0 Å². The Morgan fingerprint density at radius 3 is 1.26 bits per heavy atom. The van der Waals surface area contributed by atoms with Crippen LogP contribution in [0.15, 0.2) is 38.0 Å². The number of esters is 3. The molecule has 12 heteroatoms. The van der Waals surface area contributed by atoms with Crippen LogP contribution in [0, 0.1) is 0 Å². The van der Waals surface area contributed by atoms with Gasteiger partial charge in [-0.15, -0.1) is 0 Å². The summed E-state index contributed by atoms with van der Waals surface area (Å²) in [5.41, 5.74) is 0. The topological polar surface area (TPSA) is 116 Å². The van der Waals surface area contributed by atoms with Crippen molar-refractivity contribution in [2.45, 2.75) is 56.7 Å². The molecule has 224 valence electrons. The molecular formula is C27H48O10Si2. The molecule has 0 amide bonds. The Labute approximate surface area is 237 Å². The molecule has 10 nitrogen and oxygen atoms in total. The first kappa shape index (κ1) is 36.9. The van der Waals surface area contributed by atoms with Crippen molar-refractivity contribution in [1.82, 2.24) is 0 Å². The molecule has 0 aromatic heterocycles. The largest absolute Gasteiger partial charge is 0.463 e. The molecule has 0 bridgehead atoms. The van der Waals surface area contributed by atoms with Crippen LogP contribution >= 0.6 is 0 Å². The third-order valence-corrected chi connectivity index (χ3v) is 12.0. The molecule has 0 aromatic carbocycles. The quantitative estimate of drug-likeness (QED) is 0.0466. The van der Waals surface area contributed by atoms with Gasteiger partial charge in [0.15, 0.2) is 9.04 Å². The molecule has 1 atom stereocenters. The summed E-state index contributed by atoms with van der Waals surface area (Å²) >= 11 is 0. The third-order valence-electron chi connectivity index (χ3n) is 6.09. The van der Waals surface area contributed by atoms with E-state index in [1.165, 1.54) is 0 Å². The Morgan fingerprint density at radius 2 is 0.974 bits per heavy atom. The fourth-order valence-electron chi connectivity index (χ4n) is 4.08. The zero-order chi connectivity index (χ0) is 29.2. The first-order valence-electron chi connectivity index (χ1n) is 13.6. The van der Waals surface area contributed by atoms with Gasteiger partial charge in [0.1, 0.15) is 29.6 Å². The molecule has 0 fully saturated rings. The number of hydrogen-bond acceptors (Lipinski definition) is 10. The fraction of sp³-hybridized carbons (Fsp3) is 0.667. The SMILES string of the molecule is C=CC(=O)OCCOCCCC(CCCOCCOC(=O)C=C)(CCCOCCOC(=O)C=C)[SiH](C)O[SiH2]C. The van der Waals surface area contributed by atoms with E-state index in [0.717, 1.165) is 56.8 Å². The maximum atomic E-state index is 11.1. The van der Waals surface area contributed by atoms with Crippen molar-refractivity contribution in [3.05, 3.63) is 38.0 Å². The summed E-state index contributed by atoms with van der Waals surface area (Å²) in [5.74, 6) is -1.37. The summed E-state index contributed by atoms with van der Waals surface area (Å²) in [6, 6.07) is 0. The lowest BCUT2D eigenvalue weighted by atomic mass is 9.91. The van der Waals surface area contributed by atoms with Crippen molar-refractivity contribution in [3.8, 4) is 0 Å². The standard InChI is InChI=1S/C27H48O10Si2/c1-6-24(28)34-21-18-31-15-9-12-27(39(5)37-38-4,13-10-16-32-19-22-35-25(29)7-2)14-11-17-33-20-23-36-26(30)8-3/h6-8,39H,1-3,9-23,38H2,4-5H3. The Hall–Kier alpha value is -2.10. The van der Waals surface area contributed by atoms with Crippen LogP contribution in [-0.2, 0) is 46.9 Å². The molecule has 0 rings (SSSR count). The lowest BCUT2D eigenvalue weighted by Gasteiger charge is -2.39. The molecule has 39 heavy (non-hydrogen) atoms. The van der Waals surface area contributed by atoms with Gasteiger partial charge in [-0.3, -0.25) is 0 Å². The first-order chi connectivity index (χ1) is 18.8. The molecule has 0 aliphatic heterocycles. The van der Waals surface area contributed by atoms with E-state index in [4.69, 9.17) is 32.5 Å². The van der Waals surface area contributed by atoms with Gasteiger partial charge in [0.05, 0.1) is 19.8 Å². The highest BCUT2D eigenvalue weighted by Gasteiger charge is 2.36. The third kappa shape index (κ3) is 19.6. The summed E-state index contributed by atoms with van der Waals surface area (Å²) in [7, 11) is -2.11. The van der Waals surface area contributed by atoms with Crippen molar-refractivity contribution in [3.63, 3.8) is 0 Å². The second kappa shape index (κ2) is 24.9. The van der Waals surface area contributed by atoms with Gasteiger partial charge in [0.25, 0.3) is 0 Å². The minimum absolute atomic E-state index is 0.0407. The molecule has 0 saturated heterocycles. The van der Waals surface area contributed by atoms with Gasteiger partial charge in [-0.05, 0) is 50.1 Å². The number of carbonyl (C=O) groups excluding carboxylic acids is 3. The van der Waals surface area contributed by atoms with E-state index in [0.29, 0.717) is 39.6 Å². The van der Waals surface area contributed by atoms with Crippen LogP contribution in [0.25, 0.3) is 0 Å². The Kier molecular flexibility index (Phi) is 23.6. The van der Waals surface area contributed by atoms with Gasteiger partial charge in [-0.1, -0.05) is 26.3 Å². The summed E-state index contributed by atoms with van der Waals surface area (Å²) in [6.45, 7) is 17.9. The Bertz CT molecular complexity index is 633. The van der Waals surface area contributed by atoms with Crippen LogP contribution in [-0.4, -0.2) is 96.2 Å². The predicted octanol–water partition coefficient (Wildman–Crippen LogP) is 2.81. The second-order valence-corrected chi connectivity index (χ2v) is 13.1. The average molecular weight is 589 g/mol. The molecule has 0 aliphatic carbocycles. The van der Waals surface area contributed by atoms with E-state index in [9.17, 15) is 14.4 Å². The number of hydrogen-bond donors (Lipinski definition) is 0. The summed E-state index contributed by atoms with van der Waals surface area (Å²) < 4.78 is 38.3. The van der Waals surface area contributed by atoms with E-state index >= 15 is 0 Å². The first-order valence-corrected chi connectivity index (χ1v) is 17.8. The number of rotatable bonds is 27. The molecule has 0 spiro atoms. The molecule has 0 aliphatic rings. The normalized spacial score (nSPS) is 12.2. The fourth-order valence-corrected chi connectivity index (χ4v) is 9.32. The van der Waals surface area contributed by atoms with E-state index in [1.54, 1.807) is 0 Å². The van der Waals surface area contributed by atoms with E-state index in [1.807, 2.05) is 0 Å². The van der Waals surface area contributed by atoms with E-state index in [-0.39, 0.29) is 24.9 Å². The molecule has 0 saturated carbocycles. The van der Waals surface area contributed by atoms with Crippen LogP contribution in [0.4, 0.5) is 0 Å². The Balaban J connectivity index is 4.87.